The third-order valence-electron chi connectivity index (χ3n) is 6.08. The summed E-state index contributed by atoms with van der Waals surface area (Å²) in [6, 6.07) is 13.7. The molecule has 0 bridgehead atoms. The molecule has 0 radical (unpaired) electrons. The van der Waals surface area contributed by atoms with E-state index in [9.17, 15) is 4.79 Å². The Labute approximate surface area is 212 Å². The van der Waals surface area contributed by atoms with Crippen LogP contribution < -0.4 is 5.32 Å². The standard InChI is InChI=1S/C28H24N8O/c1-16(2)9-25(37)33-19-10-17(13-29-15-19)18-11-21-27(35-36-28(21)32-14-18)24-12-20-22(34-24)6-8-31-26(20)23-5-3-4-7-30-23/h3-8,10-16,34H,9H2,1-2H3,(H,33,37)(H,32,35,36). The van der Waals surface area contributed by atoms with Gasteiger partial charge >= 0.3 is 0 Å². The van der Waals surface area contributed by atoms with Crippen LogP contribution in [0.15, 0.2) is 73.4 Å². The Bertz CT molecular complexity index is 1740. The highest BCUT2D eigenvalue weighted by molar-refractivity contribution is 5.99. The fraction of sp³-hybridized carbons (Fsp3) is 0.143. The molecule has 0 saturated carbocycles. The second-order valence-electron chi connectivity index (χ2n) is 9.32. The van der Waals surface area contributed by atoms with E-state index in [1.54, 1.807) is 31.0 Å². The molecule has 6 heterocycles. The number of hydrogen-bond donors (Lipinski definition) is 3. The monoisotopic (exact) mass is 488 g/mol. The number of anilines is 1. The number of aromatic amines is 2. The van der Waals surface area contributed by atoms with Gasteiger partial charge in [0.1, 0.15) is 5.69 Å². The number of amides is 1. The van der Waals surface area contributed by atoms with Gasteiger partial charge in [0.15, 0.2) is 5.65 Å². The van der Waals surface area contributed by atoms with Crippen molar-refractivity contribution >= 4 is 33.5 Å². The van der Waals surface area contributed by atoms with E-state index in [-0.39, 0.29) is 11.8 Å². The second-order valence-corrected chi connectivity index (χ2v) is 9.32. The number of nitrogens with zero attached hydrogens (tertiary/aromatic N) is 5. The SMILES string of the molecule is CC(C)CC(=O)Nc1cncc(-c2cnc3[nH]nc(-c4cc5c(-c6ccccn6)nccc5[nH]4)c3c2)c1. The summed E-state index contributed by atoms with van der Waals surface area (Å²) >= 11 is 0. The van der Waals surface area contributed by atoms with Crippen LogP contribution in [-0.4, -0.2) is 41.0 Å². The van der Waals surface area contributed by atoms with E-state index in [1.165, 1.54) is 0 Å². The molecule has 1 amide bonds. The molecule has 6 aromatic heterocycles. The topological polar surface area (TPSA) is 125 Å². The van der Waals surface area contributed by atoms with Crippen molar-refractivity contribution in [1.29, 1.82) is 0 Å². The summed E-state index contributed by atoms with van der Waals surface area (Å²) in [5.41, 5.74) is 7.21. The summed E-state index contributed by atoms with van der Waals surface area (Å²) in [6.07, 6.45) is 9.17. The Morgan fingerprint density at radius 1 is 0.919 bits per heavy atom. The van der Waals surface area contributed by atoms with E-state index in [2.05, 4.69) is 40.4 Å². The summed E-state index contributed by atoms with van der Waals surface area (Å²) in [4.78, 5) is 33.6. The molecule has 0 aliphatic carbocycles. The Kier molecular flexibility index (Phi) is 5.65. The lowest BCUT2D eigenvalue weighted by atomic mass is 10.1. The minimum atomic E-state index is -0.0296. The quantitative estimate of drug-likeness (QED) is 0.280. The molecule has 9 heteroatoms. The highest BCUT2D eigenvalue weighted by atomic mass is 16.1. The van der Waals surface area contributed by atoms with Crippen LogP contribution in [0, 0.1) is 5.92 Å². The van der Waals surface area contributed by atoms with Crippen molar-refractivity contribution in [3.05, 3.63) is 73.4 Å². The fourth-order valence-corrected chi connectivity index (χ4v) is 4.40. The van der Waals surface area contributed by atoms with Crippen LogP contribution >= 0.6 is 0 Å². The first kappa shape index (κ1) is 22.5. The zero-order valence-corrected chi connectivity index (χ0v) is 20.4. The molecular formula is C28H24N8O. The van der Waals surface area contributed by atoms with Crippen LogP contribution in [0.5, 0.6) is 0 Å². The largest absolute Gasteiger partial charge is 0.353 e. The Morgan fingerprint density at radius 2 is 1.81 bits per heavy atom. The van der Waals surface area contributed by atoms with Crippen LogP contribution in [-0.2, 0) is 4.79 Å². The van der Waals surface area contributed by atoms with Gasteiger partial charge in [-0.1, -0.05) is 19.9 Å². The Morgan fingerprint density at radius 3 is 2.65 bits per heavy atom. The lowest BCUT2D eigenvalue weighted by Gasteiger charge is -2.08. The van der Waals surface area contributed by atoms with Gasteiger partial charge in [0.05, 0.1) is 29.0 Å². The molecule has 0 fully saturated rings. The second kappa shape index (κ2) is 9.27. The highest BCUT2D eigenvalue weighted by Crippen LogP contribution is 2.33. The maximum Gasteiger partial charge on any atom is 0.224 e. The average Bonchev–Trinajstić information content (AvgIpc) is 3.52. The molecule has 0 aliphatic heterocycles. The number of hydrogen-bond acceptors (Lipinski definition) is 6. The van der Waals surface area contributed by atoms with Gasteiger partial charge in [-0.25, -0.2) is 4.98 Å². The Hall–Kier alpha value is -4.92. The number of carbonyl (C=O) groups is 1. The van der Waals surface area contributed by atoms with Crippen molar-refractivity contribution < 1.29 is 4.79 Å². The molecular weight excluding hydrogens is 464 g/mol. The van der Waals surface area contributed by atoms with Crippen molar-refractivity contribution in [3.63, 3.8) is 0 Å². The summed E-state index contributed by atoms with van der Waals surface area (Å²) in [6.45, 7) is 4.03. The molecule has 0 aliphatic rings. The summed E-state index contributed by atoms with van der Waals surface area (Å²) in [7, 11) is 0. The molecule has 0 saturated heterocycles. The van der Waals surface area contributed by atoms with Crippen LogP contribution in [0.4, 0.5) is 5.69 Å². The number of rotatable bonds is 6. The van der Waals surface area contributed by atoms with E-state index in [0.717, 1.165) is 50.2 Å². The minimum Gasteiger partial charge on any atom is -0.353 e. The number of fused-ring (bicyclic) bond motifs is 2. The first-order chi connectivity index (χ1) is 18.0. The van der Waals surface area contributed by atoms with Gasteiger partial charge in [0, 0.05) is 58.6 Å². The Balaban J connectivity index is 1.38. The van der Waals surface area contributed by atoms with Crippen molar-refractivity contribution in [2.24, 2.45) is 5.92 Å². The molecule has 0 aromatic carbocycles. The maximum absolute atomic E-state index is 12.2. The lowest BCUT2D eigenvalue weighted by Crippen LogP contribution is -2.13. The van der Waals surface area contributed by atoms with E-state index < -0.39 is 0 Å². The zero-order chi connectivity index (χ0) is 25.4. The van der Waals surface area contributed by atoms with Crippen LogP contribution in [0.25, 0.3) is 55.8 Å². The van der Waals surface area contributed by atoms with Gasteiger partial charge in [0.2, 0.25) is 5.91 Å². The van der Waals surface area contributed by atoms with E-state index in [1.807, 2.05) is 56.3 Å². The van der Waals surface area contributed by atoms with Gasteiger partial charge in [-0.3, -0.25) is 24.8 Å². The number of H-pyrrole nitrogens is 2. The van der Waals surface area contributed by atoms with Crippen molar-refractivity contribution in [2.45, 2.75) is 20.3 Å². The summed E-state index contributed by atoms with van der Waals surface area (Å²) < 4.78 is 0. The molecule has 0 unspecified atom stereocenters. The predicted octanol–water partition coefficient (Wildman–Crippen LogP) is 5.61. The molecule has 37 heavy (non-hydrogen) atoms. The van der Waals surface area contributed by atoms with Crippen LogP contribution in [0.3, 0.4) is 0 Å². The predicted molar refractivity (Wildman–Crippen MR) is 144 cm³/mol. The van der Waals surface area contributed by atoms with Crippen molar-refractivity contribution in [3.8, 4) is 33.9 Å². The minimum absolute atomic E-state index is 0.0296. The molecule has 182 valence electrons. The van der Waals surface area contributed by atoms with Gasteiger partial charge in [-0.2, -0.15) is 5.10 Å². The number of aromatic nitrogens is 7. The molecule has 3 N–H and O–H groups in total. The number of pyridine rings is 4. The van der Waals surface area contributed by atoms with E-state index in [0.29, 0.717) is 17.8 Å². The van der Waals surface area contributed by atoms with E-state index >= 15 is 0 Å². The number of nitrogens with one attached hydrogen (secondary N) is 3. The zero-order valence-electron chi connectivity index (χ0n) is 20.4. The molecule has 6 aromatic rings. The molecule has 6 rings (SSSR count). The summed E-state index contributed by atoms with van der Waals surface area (Å²) in [5.74, 6) is 0.251. The lowest BCUT2D eigenvalue weighted by molar-refractivity contribution is -0.116. The van der Waals surface area contributed by atoms with Gasteiger partial charge in [-0.15, -0.1) is 0 Å². The molecule has 9 nitrogen and oxygen atoms in total. The third-order valence-corrected chi connectivity index (χ3v) is 6.08. The first-order valence-corrected chi connectivity index (χ1v) is 12.0. The third kappa shape index (κ3) is 4.42. The fourth-order valence-electron chi connectivity index (χ4n) is 4.40. The van der Waals surface area contributed by atoms with Crippen LogP contribution in [0.2, 0.25) is 0 Å². The van der Waals surface area contributed by atoms with Crippen LogP contribution in [0.1, 0.15) is 20.3 Å². The molecule has 0 spiro atoms. The van der Waals surface area contributed by atoms with Crippen molar-refractivity contribution in [1.82, 2.24) is 35.1 Å². The molecule has 0 atom stereocenters. The summed E-state index contributed by atoms with van der Waals surface area (Å²) in [5, 5.41) is 12.3. The normalized spacial score (nSPS) is 11.4. The van der Waals surface area contributed by atoms with E-state index in [4.69, 9.17) is 0 Å². The van der Waals surface area contributed by atoms with Gasteiger partial charge < -0.3 is 10.3 Å². The van der Waals surface area contributed by atoms with Gasteiger partial charge in [-0.05, 0) is 42.3 Å². The van der Waals surface area contributed by atoms with Gasteiger partial charge in [0.25, 0.3) is 0 Å². The van der Waals surface area contributed by atoms with Crippen molar-refractivity contribution in [2.75, 3.05) is 5.32 Å². The highest BCUT2D eigenvalue weighted by Gasteiger charge is 2.16. The smallest absolute Gasteiger partial charge is 0.224 e. The maximum atomic E-state index is 12.2. The number of carbonyl (C=O) groups excluding carboxylic acids is 1. The first-order valence-electron chi connectivity index (χ1n) is 12.0. The average molecular weight is 489 g/mol.